The zero-order valence-electron chi connectivity index (χ0n) is 14.1. The number of fused-ring (bicyclic) bond motifs is 1. The van der Waals surface area contributed by atoms with Gasteiger partial charge in [0.15, 0.2) is 6.10 Å². The molecule has 0 saturated heterocycles. The number of rotatable bonds is 5. The first kappa shape index (κ1) is 18.4. The summed E-state index contributed by atoms with van der Waals surface area (Å²) < 4.78 is 31.3. The van der Waals surface area contributed by atoms with Crippen LogP contribution in [0.3, 0.4) is 0 Å². The topological polar surface area (TPSA) is 105 Å². The Hall–Kier alpha value is -2.43. The molecule has 26 heavy (non-hydrogen) atoms. The quantitative estimate of drug-likeness (QED) is 0.802. The van der Waals surface area contributed by atoms with Crippen LogP contribution in [0.15, 0.2) is 39.9 Å². The molecule has 10 heteroatoms. The average Bonchev–Trinajstić information content (AvgIpc) is 3.11. The molecule has 1 aliphatic heterocycles. The lowest BCUT2D eigenvalue weighted by molar-refractivity contribution is -0.122. The number of sulfonamides is 1. The van der Waals surface area contributed by atoms with Gasteiger partial charge in [-0.2, -0.15) is 4.31 Å². The van der Waals surface area contributed by atoms with Crippen molar-refractivity contribution in [2.24, 2.45) is 0 Å². The number of nitrogens with zero attached hydrogens (tertiary/aromatic N) is 1. The Labute approximate surface area is 154 Å². The molecule has 1 aromatic carbocycles. The Morgan fingerprint density at radius 3 is 2.85 bits per heavy atom. The van der Waals surface area contributed by atoms with Crippen molar-refractivity contribution in [1.82, 2.24) is 4.31 Å². The van der Waals surface area contributed by atoms with Crippen molar-refractivity contribution in [3.8, 4) is 5.75 Å². The second-order valence-corrected chi connectivity index (χ2v) is 8.92. The number of likely N-dealkylation sites (N-methyl/N-ethyl adjacent to an activating group) is 1. The van der Waals surface area contributed by atoms with E-state index in [1.54, 1.807) is 36.6 Å². The second-order valence-electron chi connectivity index (χ2n) is 5.70. The minimum absolute atomic E-state index is 0.176. The summed E-state index contributed by atoms with van der Waals surface area (Å²) in [7, 11) is -2.35. The highest BCUT2D eigenvalue weighted by atomic mass is 32.2. The fourth-order valence-corrected chi connectivity index (χ4v) is 4.67. The van der Waals surface area contributed by atoms with E-state index >= 15 is 0 Å². The molecule has 0 spiro atoms. The van der Waals surface area contributed by atoms with Crippen LogP contribution in [0.25, 0.3) is 0 Å². The van der Waals surface area contributed by atoms with Gasteiger partial charge in [-0.25, -0.2) is 8.42 Å². The normalized spacial score (nSPS) is 16.6. The van der Waals surface area contributed by atoms with Gasteiger partial charge in [0.2, 0.25) is 5.91 Å². The molecule has 0 aliphatic carbocycles. The average molecular weight is 395 g/mol. The Morgan fingerprint density at radius 2 is 2.15 bits per heavy atom. The predicted octanol–water partition coefficient (Wildman–Crippen LogP) is 1.73. The molecular formula is C16H17N3O5S2. The summed E-state index contributed by atoms with van der Waals surface area (Å²) >= 11 is 1.09. The van der Waals surface area contributed by atoms with Crippen LogP contribution < -0.4 is 15.4 Å². The Balaban J connectivity index is 1.67. The molecule has 2 amide bonds. The number of ether oxygens (including phenoxy) is 1. The number of hydrogen-bond acceptors (Lipinski definition) is 6. The van der Waals surface area contributed by atoms with Gasteiger partial charge in [-0.05, 0) is 36.6 Å². The zero-order chi connectivity index (χ0) is 18.9. The van der Waals surface area contributed by atoms with E-state index in [0.717, 1.165) is 15.6 Å². The summed E-state index contributed by atoms with van der Waals surface area (Å²) in [6.07, 6.45) is -0.584. The Morgan fingerprint density at radius 1 is 1.38 bits per heavy atom. The van der Waals surface area contributed by atoms with Crippen LogP contribution in [0.5, 0.6) is 5.75 Å². The first-order valence-corrected chi connectivity index (χ1v) is 10.0. The van der Waals surface area contributed by atoms with Crippen LogP contribution >= 0.6 is 11.3 Å². The first-order chi connectivity index (χ1) is 12.3. The maximum Gasteiger partial charge on any atom is 0.265 e. The molecule has 1 aromatic heterocycles. The van der Waals surface area contributed by atoms with Crippen LogP contribution in [-0.4, -0.2) is 44.2 Å². The van der Waals surface area contributed by atoms with Gasteiger partial charge in [-0.1, -0.05) is 6.07 Å². The van der Waals surface area contributed by atoms with Gasteiger partial charge in [0, 0.05) is 12.7 Å². The summed E-state index contributed by atoms with van der Waals surface area (Å²) in [4.78, 5) is 23.9. The van der Waals surface area contributed by atoms with Crippen molar-refractivity contribution in [2.75, 3.05) is 24.2 Å². The lowest BCUT2D eigenvalue weighted by Crippen LogP contribution is -2.35. The van der Waals surface area contributed by atoms with E-state index < -0.39 is 22.0 Å². The zero-order valence-corrected chi connectivity index (χ0v) is 15.7. The van der Waals surface area contributed by atoms with Crippen LogP contribution in [0.4, 0.5) is 11.4 Å². The SMILES string of the molecule is CC1Oc2ccc(NC(=O)CN(C)S(=O)(=O)c3cccs3)cc2NC1=O. The summed E-state index contributed by atoms with van der Waals surface area (Å²) in [6.45, 7) is 1.30. The lowest BCUT2D eigenvalue weighted by Gasteiger charge is -2.23. The van der Waals surface area contributed by atoms with Crippen LogP contribution in [0, 0.1) is 0 Å². The molecule has 1 atom stereocenters. The molecule has 8 nitrogen and oxygen atoms in total. The highest BCUT2D eigenvalue weighted by Gasteiger charge is 2.25. The maximum absolute atomic E-state index is 12.3. The third-order valence-corrected chi connectivity index (χ3v) is 6.90. The first-order valence-electron chi connectivity index (χ1n) is 7.68. The second kappa shape index (κ2) is 7.06. The predicted molar refractivity (Wildman–Crippen MR) is 97.9 cm³/mol. The summed E-state index contributed by atoms with van der Waals surface area (Å²) in [5.74, 6) is -0.265. The fraction of sp³-hybridized carbons (Fsp3) is 0.250. The molecule has 1 unspecified atom stereocenters. The van der Waals surface area contributed by atoms with Gasteiger partial charge in [-0.3, -0.25) is 9.59 Å². The van der Waals surface area contributed by atoms with Crippen molar-refractivity contribution < 1.29 is 22.7 Å². The van der Waals surface area contributed by atoms with Gasteiger partial charge < -0.3 is 15.4 Å². The molecule has 0 radical (unpaired) electrons. The van der Waals surface area contributed by atoms with Gasteiger partial charge >= 0.3 is 0 Å². The standard InChI is InChI=1S/C16H17N3O5S2/c1-10-16(21)18-12-8-11(5-6-13(12)24-10)17-14(20)9-19(2)26(22,23)15-4-3-7-25-15/h3-8,10H,9H2,1-2H3,(H,17,20)(H,18,21). The van der Waals surface area contributed by atoms with E-state index in [9.17, 15) is 18.0 Å². The van der Waals surface area contributed by atoms with Crippen LogP contribution in [0.2, 0.25) is 0 Å². The van der Waals surface area contributed by atoms with Crippen LogP contribution in [-0.2, 0) is 19.6 Å². The number of hydrogen-bond donors (Lipinski definition) is 2. The van der Waals surface area contributed by atoms with E-state index in [1.807, 2.05) is 0 Å². The van der Waals surface area contributed by atoms with Gasteiger partial charge in [-0.15, -0.1) is 11.3 Å². The molecule has 2 aromatic rings. The van der Waals surface area contributed by atoms with Gasteiger partial charge in [0.05, 0.1) is 12.2 Å². The third-order valence-electron chi connectivity index (χ3n) is 3.72. The molecule has 2 heterocycles. The smallest absolute Gasteiger partial charge is 0.265 e. The monoisotopic (exact) mass is 395 g/mol. The Bertz CT molecular complexity index is 941. The summed E-state index contributed by atoms with van der Waals surface area (Å²) in [5, 5.41) is 6.96. The van der Waals surface area contributed by atoms with Crippen molar-refractivity contribution in [3.05, 3.63) is 35.7 Å². The van der Waals surface area contributed by atoms with Crippen molar-refractivity contribution >= 4 is 44.5 Å². The number of thiophene rings is 1. The van der Waals surface area contributed by atoms with E-state index in [1.165, 1.54) is 13.1 Å². The van der Waals surface area contributed by atoms with Crippen molar-refractivity contribution in [2.45, 2.75) is 17.2 Å². The number of amides is 2. The molecule has 3 rings (SSSR count). The molecule has 2 N–H and O–H groups in total. The number of nitrogens with one attached hydrogen (secondary N) is 2. The number of carbonyl (C=O) groups excluding carboxylic acids is 2. The van der Waals surface area contributed by atoms with Crippen LogP contribution in [0.1, 0.15) is 6.92 Å². The van der Waals surface area contributed by atoms with Gasteiger partial charge in [0.1, 0.15) is 9.96 Å². The minimum Gasteiger partial charge on any atom is -0.479 e. The van der Waals surface area contributed by atoms with Crippen molar-refractivity contribution in [3.63, 3.8) is 0 Å². The molecular weight excluding hydrogens is 378 g/mol. The van der Waals surface area contributed by atoms with Gasteiger partial charge in [0.25, 0.3) is 15.9 Å². The largest absolute Gasteiger partial charge is 0.479 e. The highest BCUT2D eigenvalue weighted by Crippen LogP contribution is 2.32. The van der Waals surface area contributed by atoms with E-state index in [2.05, 4.69) is 10.6 Å². The third kappa shape index (κ3) is 3.71. The minimum atomic E-state index is -3.70. The van der Waals surface area contributed by atoms with E-state index in [0.29, 0.717) is 17.1 Å². The van der Waals surface area contributed by atoms with E-state index in [4.69, 9.17) is 4.74 Å². The highest BCUT2D eigenvalue weighted by molar-refractivity contribution is 7.91. The molecule has 0 saturated carbocycles. The molecule has 0 fully saturated rings. The molecule has 1 aliphatic rings. The number of benzene rings is 1. The number of carbonyl (C=O) groups is 2. The molecule has 138 valence electrons. The fourth-order valence-electron chi connectivity index (χ4n) is 2.34. The maximum atomic E-state index is 12.3. The number of anilines is 2. The molecule has 0 bridgehead atoms. The van der Waals surface area contributed by atoms with Crippen molar-refractivity contribution in [1.29, 1.82) is 0 Å². The summed E-state index contributed by atoms with van der Waals surface area (Å²) in [5.41, 5.74) is 0.875. The van der Waals surface area contributed by atoms with E-state index in [-0.39, 0.29) is 16.7 Å². The summed E-state index contributed by atoms with van der Waals surface area (Å²) in [6, 6.07) is 7.93. The lowest BCUT2D eigenvalue weighted by atomic mass is 10.2. The Kier molecular flexibility index (Phi) is 4.99.